The third kappa shape index (κ3) is 3.18. The fourth-order valence-electron chi connectivity index (χ4n) is 2.11. The maximum absolute atomic E-state index is 6.25. The highest BCUT2D eigenvalue weighted by Gasteiger charge is 2.07. The van der Waals surface area contributed by atoms with Gasteiger partial charge in [-0.25, -0.2) is 0 Å². The number of rotatable bonds is 3. The Morgan fingerprint density at radius 2 is 1.59 bits per heavy atom. The average Bonchev–Trinajstić information content (AvgIpc) is 2.29. The Labute approximate surface area is 103 Å². The van der Waals surface area contributed by atoms with E-state index in [0.29, 0.717) is 0 Å². The molecule has 0 spiro atoms. The summed E-state index contributed by atoms with van der Waals surface area (Å²) in [7, 11) is 0. The van der Waals surface area contributed by atoms with Gasteiger partial charge in [-0.3, -0.25) is 0 Å². The molecule has 0 saturated heterocycles. The van der Waals surface area contributed by atoms with Gasteiger partial charge in [-0.05, 0) is 31.4 Å². The Bertz CT molecular complexity index is 502. The van der Waals surface area contributed by atoms with Crippen LogP contribution in [0.15, 0.2) is 48.5 Å². The van der Waals surface area contributed by atoms with Crippen molar-refractivity contribution < 1.29 is 0 Å². The van der Waals surface area contributed by atoms with Crippen molar-refractivity contribution in [2.75, 3.05) is 0 Å². The minimum Gasteiger partial charge on any atom is -0.324 e. The topological polar surface area (TPSA) is 26.0 Å². The first-order valence-corrected chi connectivity index (χ1v) is 6.03. The van der Waals surface area contributed by atoms with Gasteiger partial charge in [-0.15, -0.1) is 0 Å². The summed E-state index contributed by atoms with van der Waals surface area (Å²) in [6, 6.07) is 17.1. The average molecular weight is 225 g/mol. The van der Waals surface area contributed by atoms with Gasteiger partial charge in [0.25, 0.3) is 0 Å². The molecule has 0 amide bonds. The Morgan fingerprint density at radius 3 is 2.24 bits per heavy atom. The first-order chi connectivity index (χ1) is 8.15. The minimum absolute atomic E-state index is 0.0803. The molecular formula is C16H19N. The lowest BCUT2D eigenvalue weighted by atomic mass is 9.98. The van der Waals surface area contributed by atoms with Gasteiger partial charge in [0.05, 0.1) is 0 Å². The second-order valence-electron chi connectivity index (χ2n) is 4.71. The zero-order chi connectivity index (χ0) is 12.3. The van der Waals surface area contributed by atoms with Gasteiger partial charge in [0.15, 0.2) is 0 Å². The van der Waals surface area contributed by atoms with Crippen LogP contribution in [0.4, 0.5) is 0 Å². The fraction of sp³-hybridized carbons (Fsp3) is 0.250. The summed E-state index contributed by atoms with van der Waals surface area (Å²) in [6.07, 6.45) is 0.894. The number of benzene rings is 2. The predicted octanol–water partition coefficient (Wildman–Crippen LogP) is 3.55. The molecule has 2 N–H and O–H groups in total. The Hall–Kier alpha value is -1.60. The van der Waals surface area contributed by atoms with Crippen molar-refractivity contribution in [3.8, 4) is 0 Å². The van der Waals surface area contributed by atoms with Gasteiger partial charge < -0.3 is 5.73 Å². The highest BCUT2D eigenvalue weighted by atomic mass is 14.6. The Balaban J connectivity index is 2.14. The van der Waals surface area contributed by atoms with E-state index in [2.05, 4.69) is 62.4 Å². The van der Waals surface area contributed by atoms with Gasteiger partial charge in [0, 0.05) is 6.04 Å². The molecule has 1 unspecified atom stereocenters. The fourth-order valence-corrected chi connectivity index (χ4v) is 2.11. The normalized spacial score (nSPS) is 12.4. The Morgan fingerprint density at radius 1 is 0.941 bits per heavy atom. The summed E-state index contributed by atoms with van der Waals surface area (Å²) in [5.41, 5.74) is 11.3. The number of hydrogen-bond donors (Lipinski definition) is 1. The van der Waals surface area contributed by atoms with E-state index in [1.807, 2.05) is 0 Å². The lowest BCUT2D eigenvalue weighted by molar-refractivity contribution is 0.721. The maximum Gasteiger partial charge on any atom is 0.0335 e. The zero-order valence-corrected chi connectivity index (χ0v) is 10.5. The summed E-state index contributed by atoms with van der Waals surface area (Å²) in [5, 5.41) is 0. The molecule has 1 heteroatoms. The van der Waals surface area contributed by atoms with Crippen LogP contribution < -0.4 is 5.73 Å². The minimum atomic E-state index is 0.0803. The van der Waals surface area contributed by atoms with Crippen molar-refractivity contribution in [1.82, 2.24) is 0 Å². The molecule has 88 valence electrons. The summed E-state index contributed by atoms with van der Waals surface area (Å²) >= 11 is 0. The summed E-state index contributed by atoms with van der Waals surface area (Å²) < 4.78 is 0. The third-order valence-electron chi connectivity index (χ3n) is 3.01. The van der Waals surface area contributed by atoms with E-state index in [0.717, 1.165) is 6.42 Å². The zero-order valence-electron chi connectivity index (χ0n) is 10.5. The monoisotopic (exact) mass is 225 g/mol. The largest absolute Gasteiger partial charge is 0.324 e. The van der Waals surface area contributed by atoms with Gasteiger partial charge >= 0.3 is 0 Å². The van der Waals surface area contributed by atoms with E-state index in [1.165, 1.54) is 22.3 Å². The quantitative estimate of drug-likeness (QED) is 0.849. The summed E-state index contributed by atoms with van der Waals surface area (Å²) in [6.45, 7) is 4.21. The van der Waals surface area contributed by atoms with Crippen molar-refractivity contribution in [3.05, 3.63) is 70.8 Å². The van der Waals surface area contributed by atoms with E-state index in [9.17, 15) is 0 Å². The summed E-state index contributed by atoms with van der Waals surface area (Å²) in [4.78, 5) is 0. The van der Waals surface area contributed by atoms with Crippen LogP contribution in [0.2, 0.25) is 0 Å². The van der Waals surface area contributed by atoms with E-state index in [1.54, 1.807) is 0 Å². The standard InChI is InChI=1S/C16H19N/c1-12-5-3-7-14(9-12)11-16(17)15-8-4-6-13(2)10-15/h3-10,16H,11,17H2,1-2H3. The van der Waals surface area contributed by atoms with E-state index < -0.39 is 0 Å². The SMILES string of the molecule is Cc1cccc(CC(N)c2cccc(C)c2)c1. The van der Waals surface area contributed by atoms with E-state index >= 15 is 0 Å². The number of aryl methyl sites for hydroxylation is 2. The molecule has 0 bridgehead atoms. The van der Waals surface area contributed by atoms with Crippen molar-refractivity contribution in [1.29, 1.82) is 0 Å². The molecule has 0 aliphatic carbocycles. The molecule has 0 heterocycles. The van der Waals surface area contributed by atoms with Crippen LogP contribution >= 0.6 is 0 Å². The molecule has 1 nitrogen and oxygen atoms in total. The van der Waals surface area contributed by atoms with Crippen molar-refractivity contribution in [3.63, 3.8) is 0 Å². The van der Waals surface area contributed by atoms with Crippen LogP contribution in [0.3, 0.4) is 0 Å². The van der Waals surface area contributed by atoms with E-state index in [4.69, 9.17) is 5.73 Å². The van der Waals surface area contributed by atoms with Gasteiger partial charge in [0.1, 0.15) is 0 Å². The van der Waals surface area contributed by atoms with Crippen LogP contribution in [0, 0.1) is 13.8 Å². The van der Waals surface area contributed by atoms with Crippen molar-refractivity contribution in [2.24, 2.45) is 5.73 Å². The van der Waals surface area contributed by atoms with E-state index in [-0.39, 0.29) is 6.04 Å². The summed E-state index contributed by atoms with van der Waals surface area (Å²) in [5.74, 6) is 0. The third-order valence-corrected chi connectivity index (χ3v) is 3.01. The number of nitrogens with two attached hydrogens (primary N) is 1. The van der Waals surface area contributed by atoms with Crippen molar-refractivity contribution in [2.45, 2.75) is 26.3 Å². The van der Waals surface area contributed by atoms with Gasteiger partial charge in [0.2, 0.25) is 0 Å². The smallest absolute Gasteiger partial charge is 0.0335 e. The predicted molar refractivity (Wildman–Crippen MR) is 73.0 cm³/mol. The molecular weight excluding hydrogens is 206 g/mol. The molecule has 0 aliphatic heterocycles. The van der Waals surface area contributed by atoms with Crippen LogP contribution in [0.25, 0.3) is 0 Å². The second-order valence-corrected chi connectivity index (χ2v) is 4.71. The maximum atomic E-state index is 6.25. The molecule has 17 heavy (non-hydrogen) atoms. The first-order valence-electron chi connectivity index (χ1n) is 6.03. The Kier molecular flexibility index (Phi) is 3.60. The number of hydrogen-bond acceptors (Lipinski definition) is 1. The molecule has 1 atom stereocenters. The lowest BCUT2D eigenvalue weighted by Crippen LogP contribution is -2.13. The van der Waals surface area contributed by atoms with Crippen molar-refractivity contribution >= 4 is 0 Å². The van der Waals surface area contributed by atoms with Crippen LogP contribution in [-0.4, -0.2) is 0 Å². The molecule has 0 radical (unpaired) electrons. The molecule has 2 aromatic rings. The molecule has 0 saturated carbocycles. The van der Waals surface area contributed by atoms with Crippen LogP contribution in [0.1, 0.15) is 28.3 Å². The van der Waals surface area contributed by atoms with Gasteiger partial charge in [-0.2, -0.15) is 0 Å². The van der Waals surface area contributed by atoms with Gasteiger partial charge in [-0.1, -0.05) is 59.7 Å². The lowest BCUT2D eigenvalue weighted by Gasteiger charge is -2.13. The first kappa shape index (κ1) is 11.9. The molecule has 0 fully saturated rings. The molecule has 0 aliphatic rings. The second kappa shape index (κ2) is 5.15. The highest BCUT2D eigenvalue weighted by Crippen LogP contribution is 2.17. The molecule has 2 rings (SSSR count). The van der Waals surface area contributed by atoms with Crippen LogP contribution in [-0.2, 0) is 6.42 Å². The molecule has 0 aromatic heterocycles. The van der Waals surface area contributed by atoms with Crippen LogP contribution in [0.5, 0.6) is 0 Å². The highest BCUT2D eigenvalue weighted by molar-refractivity contribution is 5.28. The molecule has 2 aromatic carbocycles.